The van der Waals surface area contributed by atoms with E-state index < -0.39 is 12.0 Å². The van der Waals surface area contributed by atoms with Crippen LogP contribution in [-0.4, -0.2) is 34.2 Å². The molecule has 0 fully saturated rings. The lowest BCUT2D eigenvalue weighted by atomic mass is 9.95. The molecule has 1 aliphatic rings. The van der Waals surface area contributed by atoms with Crippen LogP contribution in [0.25, 0.3) is 6.08 Å². The van der Waals surface area contributed by atoms with Gasteiger partial charge in [-0.2, -0.15) is 0 Å². The van der Waals surface area contributed by atoms with Crippen molar-refractivity contribution in [3.05, 3.63) is 93.4 Å². The highest BCUT2D eigenvalue weighted by atomic mass is 79.9. The molecule has 1 aromatic carbocycles. The highest BCUT2D eigenvalue weighted by Crippen LogP contribution is 2.38. The number of furan rings is 1. The molecule has 0 saturated heterocycles. The molecule has 1 atom stereocenters. The summed E-state index contributed by atoms with van der Waals surface area (Å²) in [6.45, 7) is 5.54. The van der Waals surface area contributed by atoms with Gasteiger partial charge in [0.2, 0.25) is 0 Å². The van der Waals surface area contributed by atoms with Crippen LogP contribution in [0.2, 0.25) is 0 Å². The lowest BCUT2D eigenvalue weighted by Gasteiger charge is -2.26. The number of carbonyl (C=O) groups excluding carboxylic acids is 1. The summed E-state index contributed by atoms with van der Waals surface area (Å²) in [5, 5.41) is 1.10. The van der Waals surface area contributed by atoms with Gasteiger partial charge in [-0.15, -0.1) is 0 Å². The number of hydrogen-bond donors (Lipinski definition) is 0. The summed E-state index contributed by atoms with van der Waals surface area (Å²) in [5.74, 6) is 0.444. The van der Waals surface area contributed by atoms with E-state index in [2.05, 4.69) is 46.8 Å². The van der Waals surface area contributed by atoms with Crippen LogP contribution in [0.4, 0.5) is 0 Å². The average Bonchev–Trinajstić information content (AvgIpc) is 3.40. The van der Waals surface area contributed by atoms with Crippen LogP contribution in [0, 0.1) is 6.92 Å². The van der Waals surface area contributed by atoms with Crippen LogP contribution in [0.15, 0.2) is 81.2 Å². The molecule has 4 aromatic rings. The Morgan fingerprint density at radius 3 is 2.77 bits per heavy atom. The maximum Gasteiger partial charge on any atom is 0.338 e. The molecule has 0 unspecified atom stereocenters. The molecule has 0 bridgehead atoms. The third kappa shape index (κ3) is 5.60. The van der Waals surface area contributed by atoms with Crippen molar-refractivity contribution in [3.63, 3.8) is 0 Å². The smallest absolute Gasteiger partial charge is 0.338 e. The predicted octanol–water partition coefficient (Wildman–Crippen LogP) is 5.17. The van der Waals surface area contributed by atoms with Gasteiger partial charge in [0, 0.05) is 28.0 Å². The van der Waals surface area contributed by atoms with Gasteiger partial charge in [0.15, 0.2) is 15.1 Å². The molecule has 0 radical (unpaired) electrons. The number of esters is 1. The van der Waals surface area contributed by atoms with Gasteiger partial charge in [-0.1, -0.05) is 27.3 Å². The van der Waals surface area contributed by atoms with Crippen molar-refractivity contribution in [2.24, 2.45) is 4.99 Å². The molecule has 40 heavy (non-hydrogen) atoms. The number of ether oxygens (including phenoxy) is 2. The first-order valence-corrected chi connectivity index (χ1v) is 15.2. The van der Waals surface area contributed by atoms with Gasteiger partial charge in [-0.05, 0) is 78.8 Å². The number of carbonyl (C=O) groups is 1. The lowest BCUT2D eigenvalue weighted by molar-refractivity contribution is -0.139. The van der Waals surface area contributed by atoms with Crippen LogP contribution in [0.3, 0.4) is 0 Å². The van der Waals surface area contributed by atoms with E-state index in [1.54, 1.807) is 45.4 Å². The second-order valence-corrected chi connectivity index (χ2v) is 12.3. The zero-order chi connectivity index (χ0) is 28.6. The van der Waals surface area contributed by atoms with Gasteiger partial charge < -0.3 is 13.9 Å². The fraction of sp³-hybridized carbons (Fsp3) is 0.222. The fourth-order valence-electron chi connectivity index (χ4n) is 4.20. The number of allylic oxidation sites excluding steroid dienone is 1. The third-order valence-corrected chi connectivity index (χ3v) is 9.10. The van der Waals surface area contributed by atoms with Crippen molar-refractivity contribution < 1.29 is 18.7 Å². The summed E-state index contributed by atoms with van der Waals surface area (Å²) >= 11 is 9.52. The van der Waals surface area contributed by atoms with Crippen molar-refractivity contribution >= 4 is 67.0 Å². The SMILES string of the molecule is CCOC(=O)C1=C(C)N=c2s/c(=C\c3cc(Br)c(Sc4nccc(C)n4)o3)c(=O)n2[C@@H]1c1cc(Br)ccc1OC. The maximum atomic E-state index is 13.9. The van der Waals surface area contributed by atoms with Crippen molar-refractivity contribution in [3.8, 4) is 5.75 Å². The highest BCUT2D eigenvalue weighted by Gasteiger charge is 2.35. The van der Waals surface area contributed by atoms with E-state index in [1.165, 1.54) is 27.7 Å². The number of aromatic nitrogens is 3. The van der Waals surface area contributed by atoms with Gasteiger partial charge in [0.05, 0.1) is 34.0 Å². The van der Waals surface area contributed by atoms with Crippen LogP contribution < -0.4 is 19.6 Å². The standard InChI is InChI=1S/C27H22Br2N4O5S2/c1-5-37-24(35)21-14(3)32-27-33(22(21)17-10-15(28)6-7-19(17)36-4)23(34)20(39-27)12-16-11-18(29)25(38-16)40-26-30-9-8-13(2)31-26/h6-12,22H,5H2,1-4H3/b20-12-/t22-/m1/s1. The second kappa shape index (κ2) is 11.9. The summed E-state index contributed by atoms with van der Waals surface area (Å²) in [7, 11) is 1.54. The Hall–Kier alpha value is -3.00. The van der Waals surface area contributed by atoms with Gasteiger partial charge in [-0.3, -0.25) is 9.36 Å². The average molecular weight is 706 g/mol. The number of fused-ring (bicyclic) bond motifs is 1. The molecule has 5 rings (SSSR count). The molecule has 9 nitrogen and oxygen atoms in total. The summed E-state index contributed by atoms with van der Waals surface area (Å²) in [4.78, 5) is 40.8. The van der Waals surface area contributed by atoms with Crippen molar-refractivity contribution in [1.29, 1.82) is 0 Å². The number of nitrogens with zero attached hydrogens (tertiary/aromatic N) is 4. The zero-order valence-corrected chi connectivity index (χ0v) is 26.5. The first kappa shape index (κ1) is 28.5. The van der Waals surface area contributed by atoms with Crippen LogP contribution in [0.5, 0.6) is 5.75 Å². The Morgan fingerprint density at radius 2 is 2.05 bits per heavy atom. The van der Waals surface area contributed by atoms with Crippen LogP contribution in [0.1, 0.15) is 36.9 Å². The monoisotopic (exact) mass is 704 g/mol. The molecule has 13 heteroatoms. The minimum absolute atomic E-state index is 0.184. The minimum atomic E-state index is -0.808. The van der Waals surface area contributed by atoms with Gasteiger partial charge in [0.1, 0.15) is 17.6 Å². The first-order chi connectivity index (χ1) is 19.2. The summed E-state index contributed by atoms with van der Waals surface area (Å²) in [6.07, 6.45) is 3.35. The maximum absolute atomic E-state index is 13.9. The van der Waals surface area contributed by atoms with E-state index in [0.29, 0.717) is 46.8 Å². The summed E-state index contributed by atoms with van der Waals surface area (Å²) in [5.41, 5.74) is 1.88. The number of aryl methyl sites for hydroxylation is 1. The Morgan fingerprint density at radius 1 is 1.25 bits per heavy atom. The number of rotatable bonds is 7. The molecule has 0 amide bonds. The van der Waals surface area contributed by atoms with Crippen molar-refractivity contribution in [2.75, 3.05) is 13.7 Å². The molecule has 3 aromatic heterocycles. The normalized spacial score (nSPS) is 15.2. The molecule has 0 spiro atoms. The van der Waals surface area contributed by atoms with E-state index in [1.807, 2.05) is 25.1 Å². The molecule has 0 N–H and O–H groups in total. The van der Waals surface area contributed by atoms with Crippen molar-refractivity contribution in [2.45, 2.75) is 37.1 Å². The van der Waals surface area contributed by atoms with E-state index in [4.69, 9.17) is 13.9 Å². The van der Waals surface area contributed by atoms with E-state index in [9.17, 15) is 9.59 Å². The Bertz CT molecular complexity index is 1840. The molecular formula is C27H22Br2N4O5S2. The Balaban J connectivity index is 1.64. The summed E-state index contributed by atoms with van der Waals surface area (Å²) in [6, 6.07) is 8.24. The minimum Gasteiger partial charge on any atom is -0.496 e. The Kier molecular flexibility index (Phi) is 8.45. The zero-order valence-electron chi connectivity index (χ0n) is 21.7. The molecule has 1 aliphatic heterocycles. The topological polar surface area (TPSA) is 109 Å². The molecule has 4 heterocycles. The number of halogens is 2. The van der Waals surface area contributed by atoms with Crippen LogP contribution in [-0.2, 0) is 9.53 Å². The predicted molar refractivity (Wildman–Crippen MR) is 158 cm³/mol. The molecule has 0 aliphatic carbocycles. The second-order valence-electron chi connectivity index (χ2n) is 8.56. The first-order valence-electron chi connectivity index (χ1n) is 12.0. The van der Waals surface area contributed by atoms with E-state index in [0.717, 1.165) is 10.2 Å². The summed E-state index contributed by atoms with van der Waals surface area (Å²) < 4.78 is 20.4. The van der Waals surface area contributed by atoms with Crippen LogP contribution >= 0.6 is 55.0 Å². The molecule has 206 valence electrons. The van der Waals surface area contributed by atoms with Crippen molar-refractivity contribution in [1.82, 2.24) is 14.5 Å². The van der Waals surface area contributed by atoms with Gasteiger partial charge in [-0.25, -0.2) is 19.8 Å². The molecule has 0 saturated carbocycles. The van der Waals surface area contributed by atoms with Gasteiger partial charge >= 0.3 is 5.97 Å². The number of methoxy groups -OCH3 is 1. The molecular weight excluding hydrogens is 684 g/mol. The highest BCUT2D eigenvalue weighted by molar-refractivity contribution is 9.10. The van der Waals surface area contributed by atoms with E-state index >= 15 is 0 Å². The van der Waals surface area contributed by atoms with Gasteiger partial charge in [0.25, 0.3) is 5.56 Å². The fourth-order valence-corrected chi connectivity index (χ4v) is 6.92. The quantitative estimate of drug-likeness (QED) is 0.191. The largest absolute Gasteiger partial charge is 0.496 e. The third-order valence-electron chi connectivity index (χ3n) is 5.91. The Labute approximate surface area is 253 Å². The lowest BCUT2D eigenvalue weighted by Crippen LogP contribution is -2.40. The number of benzene rings is 1. The number of hydrogen-bond acceptors (Lipinski definition) is 10. The number of thiazole rings is 1. The van der Waals surface area contributed by atoms with E-state index in [-0.39, 0.29) is 17.7 Å².